The van der Waals surface area contributed by atoms with Crippen LogP contribution in [0.1, 0.15) is 5.56 Å². The van der Waals surface area contributed by atoms with Gasteiger partial charge < -0.3 is 11.1 Å². The molecule has 2 unspecified atom stereocenters. The topological polar surface area (TPSA) is 92.0 Å². The van der Waals surface area contributed by atoms with E-state index in [2.05, 4.69) is 49.4 Å². The highest BCUT2D eigenvalue weighted by Crippen LogP contribution is 2.09. The van der Waals surface area contributed by atoms with E-state index in [-0.39, 0.29) is 12.2 Å². The van der Waals surface area contributed by atoms with Gasteiger partial charge >= 0.3 is 0 Å². The highest BCUT2D eigenvalue weighted by molar-refractivity contribution is 5.39. The van der Waals surface area contributed by atoms with Crippen molar-refractivity contribution in [3.05, 3.63) is 42.4 Å². The van der Waals surface area contributed by atoms with Gasteiger partial charge in [-0.2, -0.15) is 0 Å². The van der Waals surface area contributed by atoms with Crippen LogP contribution in [0.5, 0.6) is 0 Å². The molecule has 2 aromatic heterocycles. The maximum atomic E-state index is 5.59. The van der Waals surface area contributed by atoms with E-state index in [4.69, 9.17) is 5.73 Å². The molecule has 118 valence electrons. The van der Waals surface area contributed by atoms with Crippen molar-refractivity contribution in [2.24, 2.45) is 0 Å². The Morgan fingerprint density at radius 1 is 1.30 bits per heavy atom. The minimum atomic E-state index is -0.0506. The number of pyridine rings is 1. The van der Waals surface area contributed by atoms with Crippen molar-refractivity contribution in [3.63, 3.8) is 0 Å². The number of likely N-dealkylation sites (N-methyl/N-ethyl adjacent to an activating group) is 1. The zero-order valence-corrected chi connectivity index (χ0v) is 12.9. The minimum Gasteiger partial charge on any atom is -0.384 e. The number of aromatic nitrogens is 3. The highest BCUT2D eigenvalue weighted by Gasteiger charge is 2.27. The van der Waals surface area contributed by atoms with Gasteiger partial charge in [0.1, 0.15) is 18.0 Å². The van der Waals surface area contributed by atoms with Crippen LogP contribution in [-0.2, 0) is 0 Å². The molecule has 1 aliphatic rings. The lowest BCUT2D eigenvalue weighted by Crippen LogP contribution is -2.59. The molecule has 3 rings (SSSR count). The van der Waals surface area contributed by atoms with E-state index in [1.807, 2.05) is 6.07 Å². The third kappa shape index (κ3) is 3.94. The van der Waals surface area contributed by atoms with Gasteiger partial charge in [0.2, 0.25) is 5.95 Å². The first-order chi connectivity index (χ1) is 11.2. The van der Waals surface area contributed by atoms with Crippen molar-refractivity contribution in [3.8, 4) is 11.8 Å². The number of piperazine rings is 1. The zero-order chi connectivity index (χ0) is 16.1. The Labute approximate surface area is 135 Å². The Morgan fingerprint density at radius 2 is 2.13 bits per heavy atom. The molecule has 3 heterocycles. The third-order valence-corrected chi connectivity index (χ3v) is 3.62. The van der Waals surface area contributed by atoms with Crippen LogP contribution >= 0.6 is 0 Å². The fourth-order valence-electron chi connectivity index (χ4n) is 2.37. The number of nitrogens with two attached hydrogens (primary N) is 1. The van der Waals surface area contributed by atoms with Crippen molar-refractivity contribution in [2.45, 2.75) is 12.2 Å². The van der Waals surface area contributed by atoms with E-state index in [1.165, 1.54) is 0 Å². The van der Waals surface area contributed by atoms with Gasteiger partial charge in [-0.15, -0.1) is 0 Å². The fourth-order valence-corrected chi connectivity index (χ4v) is 2.37. The summed E-state index contributed by atoms with van der Waals surface area (Å²) in [6, 6.07) is 5.40. The molecule has 2 atom stereocenters. The van der Waals surface area contributed by atoms with Crippen molar-refractivity contribution in [1.29, 1.82) is 0 Å². The second-order valence-electron chi connectivity index (χ2n) is 5.32. The summed E-state index contributed by atoms with van der Waals surface area (Å²) < 4.78 is 0. The first-order valence-corrected chi connectivity index (χ1v) is 7.42. The fraction of sp³-hybridized carbons (Fsp3) is 0.312. The summed E-state index contributed by atoms with van der Waals surface area (Å²) in [6.07, 6.45) is 5.05. The molecule has 0 amide bonds. The number of nitrogens with one attached hydrogen (secondary N) is 2. The SMILES string of the molecule is CN1CCNC(Nc2ncccn2)C1C#Cc1ccc(N)nc1. The first kappa shape index (κ1) is 15.2. The van der Waals surface area contributed by atoms with E-state index < -0.39 is 0 Å². The number of nitrogen functional groups attached to an aromatic ring is 1. The summed E-state index contributed by atoms with van der Waals surface area (Å²) in [5.74, 6) is 7.53. The largest absolute Gasteiger partial charge is 0.384 e. The van der Waals surface area contributed by atoms with Gasteiger partial charge in [0, 0.05) is 37.2 Å². The molecule has 4 N–H and O–H groups in total. The number of nitrogens with zero attached hydrogens (tertiary/aromatic N) is 4. The molecule has 0 aromatic carbocycles. The second-order valence-corrected chi connectivity index (χ2v) is 5.32. The molecule has 0 saturated carbocycles. The number of hydrogen-bond acceptors (Lipinski definition) is 7. The van der Waals surface area contributed by atoms with Crippen molar-refractivity contribution >= 4 is 11.8 Å². The molecule has 1 fully saturated rings. The van der Waals surface area contributed by atoms with Gasteiger partial charge in [-0.3, -0.25) is 10.2 Å². The molecule has 0 bridgehead atoms. The van der Waals surface area contributed by atoms with Crippen molar-refractivity contribution in [2.75, 3.05) is 31.2 Å². The van der Waals surface area contributed by atoms with E-state index >= 15 is 0 Å². The summed E-state index contributed by atoms with van der Waals surface area (Å²) >= 11 is 0. The van der Waals surface area contributed by atoms with Crippen LogP contribution in [0.25, 0.3) is 0 Å². The van der Waals surface area contributed by atoms with Crippen LogP contribution in [0.4, 0.5) is 11.8 Å². The van der Waals surface area contributed by atoms with Gasteiger partial charge in [0.25, 0.3) is 0 Å². The molecule has 2 aromatic rings. The lowest BCUT2D eigenvalue weighted by Gasteiger charge is -2.37. The lowest BCUT2D eigenvalue weighted by molar-refractivity contribution is 0.204. The quantitative estimate of drug-likeness (QED) is 0.680. The number of hydrogen-bond donors (Lipinski definition) is 3. The van der Waals surface area contributed by atoms with Crippen LogP contribution in [0.15, 0.2) is 36.8 Å². The Hall–Kier alpha value is -2.69. The van der Waals surface area contributed by atoms with E-state index in [1.54, 1.807) is 30.7 Å². The van der Waals surface area contributed by atoms with Crippen LogP contribution in [0, 0.1) is 11.8 Å². The van der Waals surface area contributed by atoms with Crippen LogP contribution in [-0.4, -0.2) is 52.2 Å². The molecule has 0 radical (unpaired) electrons. The molecule has 23 heavy (non-hydrogen) atoms. The van der Waals surface area contributed by atoms with Crippen molar-refractivity contribution < 1.29 is 0 Å². The second kappa shape index (κ2) is 7.05. The third-order valence-electron chi connectivity index (χ3n) is 3.62. The molecule has 1 saturated heterocycles. The van der Waals surface area contributed by atoms with Gasteiger partial charge in [-0.25, -0.2) is 15.0 Å². The van der Waals surface area contributed by atoms with Crippen LogP contribution < -0.4 is 16.4 Å². The Morgan fingerprint density at radius 3 is 2.87 bits per heavy atom. The first-order valence-electron chi connectivity index (χ1n) is 7.42. The predicted molar refractivity (Wildman–Crippen MR) is 89.4 cm³/mol. The maximum Gasteiger partial charge on any atom is 0.223 e. The summed E-state index contributed by atoms with van der Waals surface area (Å²) in [5.41, 5.74) is 6.43. The molecule has 1 aliphatic heterocycles. The Kier molecular flexibility index (Phi) is 4.66. The molecule has 0 aliphatic carbocycles. The standard InChI is InChI=1S/C16H19N7/c1-23-10-9-18-15(22-16-19-7-2-8-20-16)13(23)5-3-12-4-6-14(17)21-11-12/h2,4,6-8,11,13,15,18H,9-10H2,1H3,(H2,17,21)(H,19,20,22). The summed E-state index contributed by atoms with van der Waals surface area (Å²) in [5, 5.41) is 6.72. The monoisotopic (exact) mass is 309 g/mol. The summed E-state index contributed by atoms with van der Waals surface area (Å²) in [6.45, 7) is 1.80. The Bertz CT molecular complexity index is 690. The molecule has 7 heteroatoms. The summed E-state index contributed by atoms with van der Waals surface area (Å²) in [4.78, 5) is 14.7. The molecule has 7 nitrogen and oxygen atoms in total. The van der Waals surface area contributed by atoms with E-state index in [0.29, 0.717) is 11.8 Å². The predicted octanol–water partition coefficient (Wildman–Crippen LogP) is 0.147. The van der Waals surface area contributed by atoms with Crippen molar-refractivity contribution in [1.82, 2.24) is 25.2 Å². The summed E-state index contributed by atoms with van der Waals surface area (Å²) in [7, 11) is 2.06. The highest BCUT2D eigenvalue weighted by atomic mass is 15.3. The number of anilines is 2. The average Bonchev–Trinajstić information content (AvgIpc) is 2.57. The van der Waals surface area contributed by atoms with Gasteiger partial charge in [0.15, 0.2) is 0 Å². The zero-order valence-electron chi connectivity index (χ0n) is 12.9. The maximum absolute atomic E-state index is 5.59. The Balaban J connectivity index is 1.77. The van der Waals surface area contributed by atoms with Crippen LogP contribution in [0.3, 0.4) is 0 Å². The van der Waals surface area contributed by atoms with Gasteiger partial charge in [-0.05, 0) is 25.2 Å². The van der Waals surface area contributed by atoms with Crippen LogP contribution in [0.2, 0.25) is 0 Å². The molecular formula is C16H19N7. The number of rotatable bonds is 2. The normalized spacial score (nSPS) is 21.3. The smallest absolute Gasteiger partial charge is 0.223 e. The van der Waals surface area contributed by atoms with E-state index in [9.17, 15) is 0 Å². The molecular weight excluding hydrogens is 290 g/mol. The molecule has 0 spiro atoms. The minimum absolute atomic E-state index is 0.00916. The van der Waals surface area contributed by atoms with E-state index in [0.717, 1.165) is 18.7 Å². The van der Waals surface area contributed by atoms with Gasteiger partial charge in [-0.1, -0.05) is 11.8 Å². The van der Waals surface area contributed by atoms with Gasteiger partial charge in [0.05, 0.1) is 0 Å². The average molecular weight is 309 g/mol. The lowest BCUT2D eigenvalue weighted by atomic mass is 10.1.